The molecule has 178 valence electrons. The fourth-order valence-electron chi connectivity index (χ4n) is 3.84. The third kappa shape index (κ3) is 7.23. The van der Waals surface area contributed by atoms with E-state index in [4.69, 9.17) is 14.2 Å². The molecule has 3 rings (SSSR count). The highest BCUT2D eigenvalue weighted by molar-refractivity contribution is 5.80. The highest BCUT2D eigenvalue weighted by Gasteiger charge is 2.21. The van der Waals surface area contributed by atoms with E-state index < -0.39 is 0 Å². The number of anilines is 1. The van der Waals surface area contributed by atoms with Gasteiger partial charge in [0.25, 0.3) is 0 Å². The molecule has 0 aliphatic carbocycles. The van der Waals surface area contributed by atoms with Gasteiger partial charge in [0, 0.05) is 43.8 Å². The molecule has 1 atom stereocenters. The number of aldehydes is 1. The maximum Gasteiger partial charge on any atom is 0.302 e. The van der Waals surface area contributed by atoms with Crippen LogP contribution in [0.5, 0.6) is 5.75 Å². The van der Waals surface area contributed by atoms with Gasteiger partial charge in [-0.25, -0.2) is 0 Å². The Morgan fingerprint density at radius 1 is 1.30 bits per heavy atom. The number of nitrogens with one attached hydrogen (secondary N) is 1. The van der Waals surface area contributed by atoms with E-state index in [9.17, 15) is 9.59 Å². The van der Waals surface area contributed by atoms with E-state index in [0.717, 1.165) is 49.9 Å². The summed E-state index contributed by atoms with van der Waals surface area (Å²) in [5.74, 6) is 0.992. The summed E-state index contributed by atoms with van der Waals surface area (Å²) < 4.78 is 16.1. The van der Waals surface area contributed by atoms with Gasteiger partial charge in [-0.3, -0.25) is 14.5 Å². The number of carbonyl (C=O) groups is 2. The molecule has 2 aromatic rings. The van der Waals surface area contributed by atoms with Crippen molar-refractivity contribution in [3.8, 4) is 17.0 Å². The van der Waals surface area contributed by atoms with Crippen molar-refractivity contribution in [2.24, 2.45) is 0 Å². The molecule has 9 nitrogen and oxygen atoms in total. The number of nitrogens with zero attached hydrogens (tertiary/aromatic N) is 3. The normalized spacial score (nSPS) is 16.3. The predicted molar refractivity (Wildman–Crippen MR) is 124 cm³/mol. The number of rotatable bonds is 11. The second kappa shape index (κ2) is 12.3. The predicted octanol–water partition coefficient (Wildman–Crippen LogP) is 3.08. The standard InChI is InChI=1S/C24H32N4O5/c1-4-31-16-33-22-13-19(15-29)7-8-21(22)24-17(2)12-23(26-27-24)25-20-6-5-9-28(14-20)10-11-32-18(3)30/h7-8,12-13,15,20H,4-6,9-11,14,16H2,1-3H3,(H,25,26)/t20-/m1/s1. The average molecular weight is 457 g/mol. The zero-order valence-electron chi connectivity index (χ0n) is 19.5. The highest BCUT2D eigenvalue weighted by atomic mass is 16.7. The maximum absolute atomic E-state index is 11.2. The molecule has 33 heavy (non-hydrogen) atoms. The quantitative estimate of drug-likeness (QED) is 0.236. The number of piperidine rings is 1. The largest absolute Gasteiger partial charge is 0.467 e. The molecule has 1 aliphatic rings. The smallest absolute Gasteiger partial charge is 0.302 e. The Hall–Kier alpha value is -3.04. The van der Waals surface area contributed by atoms with Crippen LogP contribution >= 0.6 is 0 Å². The van der Waals surface area contributed by atoms with E-state index in [-0.39, 0.29) is 18.8 Å². The van der Waals surface area contributed by atoms with Crippen LogP contribution in [0.15, 0.2) is 24.3 Å². The van der Waals surface area contributed by atoms with Gasteiger partial charge in [0.05, 0.1) is 5.69 Å². The summed E-state index contributed by atoms with van der Waals surface area (Å²) in [6.07, 6.45) is 2.88. The first-order valence-corrected chi connectivity index (χ1v) is 11.3. The summed E-state index contributed by atoms with van der Waals surface area (Å²) in [6, 6.07) is 7.45. The second-order valence-corrected chi connectivity index (χ2v) is 8.01. The maximum atomic E-state index is 11.2. The first kappa shape index (κ1) is 24.6. The number of aryl methyl sites for hydroxylation is 1. The third-order valence-electron chi connectivity index (χ3n) is 5.45. The SMILES string of the molecule is CCOCOc1cc(C=O)ccc1-c1nnc(N[C@@H]2CCCN(CCOC(C)=O)C2)cc1C. The second-order valence-electron chi connectivity index (χ2n) is 8.01. The van der Waals surface area contributed by atoms with Crippen LogP contribution in [0.25, 0.3) is 11.3 Å². The lowest BCUT2D eigenvalue weighted by molar-refractivity contribution is -0.141. The van der Waals surface area contributed by atoms with Crippen LogP contribution in [-0.4, -0.2) is 73.0 Å². The fourth-order valence-corrected chi connectivity index (χ4v) is 3.84. The van der Waals surface area contributed by atoms with Crippen molar-refractivity contribution in [2.45, 2.75) is 39.7 Å². The van der Waals surface area contributed by atoms with Crippen molar-refractivity contribution in [3.63, 3.8) is 0 Å². The number of hydrogen-bond donors (Lipinski definition) is 1. The molecule has 1 aromatic heterocycles. The lowest BCUT2D eigenvalue weighted by Crippen LogP contribution is -2.43. The Morgan fingerprint density at radius 2 is 2.15 bits per heavy atom. The number of carbonyl (C=O) groups excluding carboxylic acids is 2. The molecule has 0 bridgehead atoms. The van der Waals surface area contributed by atoms with Crippen molar-refractivity contribution in [1.82, 2.24) is 15.1 Å². The van der Waals surface area contributed by atoms with E-state index >= 15 is 0 Å². The van der Waals surface area contributed by atoms with Gasteiger partial charge in [-0.05, 0) is 57.0 Å². The third-order valence-corrected chi connectivity index (χ3v) is 5.45. The minimum Gasteiger partial charge on any atom is -0.467 e. The van der Waals surface area contributed by atoms with Gasteiger partial charge in [-0.15, -0.1) is 10.2 Å². The molecule has 2 heterocycles. The molecular weight excluding hydrogens is 424 g/mol. The van der Waals surface area contributed by atoms with Crippen molar-refractivity contribution >= 4 is 18.1 Å². The minimum absolute atomic E-state index is 0.0908. The zero-order valence-corrected chi connectivity index (χ0v) is 19.5. The van der Waals surface area contributed by atoms with Gasteiger partial charge in [-0.2, -0.15) is 0 Å². The Morgan fingerprint density at radius 3 is 2.88 bits per heavy atom. The summed E-state index contributed by atoms with van der Waals surface area (Å²) in [6.45, 7) is 8.89. The van der Waals surface area contributed by atoms with Gasteiger partial charge < -0.3 is 19.5 Å². The van der Waals surface area contributed by atoms with E-state index in [1.165, 1.54) is 6.92 Å². The first-order valence-electron chi connectivity index (χ1n) is 11.3. The molecular formula is C24H32N4O5. The fraction of sp³-hybridized carbons (Fsp3) is 0.500. The number of likely N-dealkylation sites (tertiary alicyclic amines) is 1. The van der Waals surface area contributed by atoms with Crippen LogP contribution in [0.3, 0.4) is 0 Å². The highest BCUT2D eigenvalue weighted by Crippen LogP contribution is 2.32. The summed E-state index contributed by atoms with van der Waals surface area (Å²) >= 11 is 0. The number of hydrogen-bond acceptors (Lipinski definition) is 9. The molecule has 0 saturated carbocycles. The first-order chi connectivity index (χ1) is 16.0. The monoisotopic (exact) mass is 456 g/mol. The van der Waals surface area contributed by atoms with Crippen LogP contribution in [0.4, 0.5) is 5.82 Å². The molecule has 0 radical (unpaired) electrons. The Balaban J connectivity index is 1.69. The Labute approximate surface area is 194 Å². The number of esters is 1. The number of aromatic nitrogens is 2. The summed E-state index contributed by atoms with van der Waals surface area (Å²) in [5, 5.41) is 12.3. The lowest BCUT2D eigenvalue weighted by atomic mass is 10.0. The molecule has 1 aliphatic heterocycles. The van der Waals surface area contributed by atoms with Crippen molar-refractivity contribution in [3.05, 3.63) is 35.4 Å². The molecule has 9 heteroatoms. The molecule has 0 amide bonds. The van der Waals surface area contributed by atoms with Crippen LogP contribution in [0.2, 0.25) is 0 Å². The average Bonchev–Trinajstić information content (AvgIpc) is 2.80. The Bertz CT molecular complexity index is 952. The molecule has 1 saturated heterocycles. The zero-order chi connectivity index (χ0) is 23.6. The van der Waals surface area contributed by atoms with Gasteiger partial charge >= 0.3 is 5.97 Å². The van der Waals surface area contributed by atoms with Crippen LogP contribution in [0.1, 0.15) is 42.6 Å². The van der Waals surface area contributed by atoms with Crippen LogP contribution < -0.4 is 10.1 Å². The number of benzene rings is 1. The van der Waals surface area contributed by atoms with Crippen LogP contribution in [-0.2, 0) is 14.3 Å². The van der Waals surface area contributed by atoms with E-state index in [1.54, 1.807) is 12.1 Å². The van der Waals surface area contributed by atoms with E-state index in [1.807, 2.05) is 26.0 Å². The number of ether oxygens (including phenoxy) is 3. The summed E-state index contributed by atoms with van der Waals surface area (Å²) in [4.78, 5) is 24.5. The topological polar surface area (TPSA) is 103 Å². The van der Waals surface area contributed by atoms with Crippen molar-refractivity contribution in [2.75, 3.05) is 45.0 Å². The van der Waals surface area contributed by atoms with Gasteiger partial charge in [0.1, 0.15) is 24.5 Å². The lowest BCUT2D eigenvalue weighted by Gasteiger charge is -2.33. The molecule has 1 N–H and O–H groups in total. The van der Waals surface area contributed by atoms with Crippen molar-refractivity contribution in [1.29, 1.82) is 0 Å². The van der Waals surface area contributed by atoms with Gasteiger partial charge in [0.2, 0.25) is 0 Å². The Kier molecular flexibility index (Phi) is 9.14. The van der Waals surface area contributed by atoms with Gasteiger partial charge in [-0.1, -0.05) is 6.07 Å². The van der Waals surface area contributed by atoms with Crippen LogP contribution in [0, 0.1) is 6.92 Å². The summed E-state index contributed by atoms with van der Waals surface area (Å²) in [5.41, 5.74) is 2.90. The molecule has 0 spiro atoms. The molecule has 0 unspecified atom stereocenters. The molecule has 1 fully saturated rings. The van der Waals surface area contributed by atoms with Gasteiger partial charge in [0.15, 0.2) is 6.79 Å². The molecule has 1 aromatic carbocycles. The van der Waals surface area contributed by atoms with Crippen molar-refractivity contribution < 1.29 is 23.8 Å². The minimum atomic E-state index is -0.250. The van der Waals surface area contributed by atoms with E-state index in [0.29, 0.717) is 36.0 Å². The summed E-state index contributed by atoms with van der Waals surface area (Å²) in [7, 11) is 0. The van der Waals surface area contributed by atoms with E-state index in [2.05, 4.69) is 20.4 Å².